The van der Waals surface area contributed by atoms with Crippen molar-refractivity contribution in [3.63, 3.8) is 0 Å². The van der Waals surface area contributed by atoms with Crippen molar-refractivity contribution < 1.29 is 9.53 Å². The lowest BCUT2D eigenvalue weighted by Gasteiger charge is -2.37. The summed E-state index contributed by atoms with van der Waals surface area (Å²) in [4.78, 5) is 20.1. The zero-order valence-electron chi connectivity index (χ0n) is 17.9. The number of carbonyl (C=O) groups is 1. The molecule has 3 rings (SSSR count). The van der Waals surface area contributed by atoms with E-state index in [4.69, 9.17) is 4.74 Å². The number of ether oxygens (including phenoxy) is 1. The first-order chi connectivity index (χ1) is 13.3. The van der Waals surface area contributed by atoms with Crippen LogP contribution in [-0.2, 0) is 4.74 Å². The largest absolute Gasteiger partial charge is 0.384 e. The third-order valence-corrected chi connectivity index (χ3v) is 5.42. The van der Waals surface area contributed by atoms with Crippen LogP contribution in [0, 0.1) is 5.41 Å². The zero-order valence-corrected chi connectivity index (χ0v) is 17.9. The van der Waals surface area contributed by atoms with Crippen LogP contribution in [0.4, 0.5) is 0 Å². The molecule has 1 saturated heterocycles. The smallest absolute Gasteiger partial charge is 0.272 e. The Labute approximate surface area is 168 Å². The molecular weight excluding hydrogens is 352 g/mol. The number of aromatic nitrogens is 2. The number of methoxy groups -OCH3 is 1. The number of nitrogens with one attached hydrogen (secondary N) is 1. The summed E-state index contributed by atoms with van der Waals surface area (Å²) in [5.41, 5.74) is 1.56. The molecule has 1 aliphatic heterocycles. The van der Waals surface area contributed by atoms with E-state index in [1.165, 1.54) is 0 Å². The second-order valence-electron chi connectivity index (χ2n) is 9.05. The molecule has 2 aromatic rings. The molecule has 0 aliphatic carbocycles. The summed E-state index contributed by atoms with van der Waals surface area (Å²) in [7, 11) is 1.76. The summed E-state index contributed by atoms with van der Waals surface area (Å²) in [6.45, 7) is 12.5. The van der Waals surface area contributed by atoms with Crippen LogP contribution in [0.25, 0.3) is 5.52 Å². The van der Waals surface area contributed by atoms with Crippen molar-refractivity contribution in [2.24, 2.45) is 5.41 Å². The van der Waals surface area contributed by atoms with E-state index >= 15 is 0 Å². The number of hydrogen-bond acceptors (Lipinski definition) is 4. The van der Waals surface area contributed by atoms with E-state index in [0.717, 1.165) is 50.4 Å². The van der Waals surface area contributed by atoms with Gasteiger partial charge in [0.15, 0.2) is 5.69 Å². The Morgan fingerprint density at radius 3 is 2.68 bits per heavy atom. The normalized spacial score (nSPS) is 16.8. The van der Waals surface area contributed by atoms with Crippen LogP contribution in [0.2, 0.25) is 0 Å². The lowest BCUT2D eigenvalue weighted by molar-refractivity contribution is 0.0584. The molecule has 0 spiro atoms. The minimum absolute atomic E-state index is 0.0613. The zero-order chi connectivity index (χ0) is 20.3. The first-order valence-electron chi connectivity index (χ1n) is 10.3. The van der Waals surface area contributed by atoms with Crippen molar-refractivity contribution >= 4 is 11.4 Å². The highest BCUT2D eigenvalue weighted by Crippen LogP contribution is 2.22. The van der Waals surface area contributed by atoms with Gasteiger partial charge in [0.05, 0.1) is 12.1 Å². The molecule has 6 nitrogen and oxygen atoms in total. The molecule has 1 fully saturated rings. The third-order valence-electron chi connectivity index (χ3n) is 5.42. The van der Waals surface area contributed by atoms with Gasteiger partial charge in [-0.15, -0.1) is 0 Å². The van der Waals surface area contributed by atoms with Crippen molar-refractivity contribution in [2.45, 2.75) is 52.5 Å². The highest BCUT2D eigenvalue weighted by molar-refractivity contribution is 5.99. The number of rotatable bonds is 7. The molecular formula is C22H34N4O2. The number of pyridine rings is 1. The van der Waals surface area contributed by atoms with Crippen LogP contribution in [0.15, 0.2) is 24.4 Å². The Kier molecular flexibility index (Phi) is 6.40. The summed E-state index contributed by atoms with van der Waals surface area (Å²) in [6.07, 6.45) is 3.92. The maximum atomic E-state index is 12.9. The van der Waals surface area contributed by atoms with Gasteiger partial charge in [-0.05, 0) is 25.0 Å². The highest BCUT2D eigenvalue weighted by Gasteiger charge is 2.27. The molecule has 0 unspecified atom stereocenters. The molecule has 1 aliphatic rings. The summed E-state index contributed by atoms with van der Waals surface area (Å²) < 4.78 is 7.36. The second kappa shape index (κ2) is 8.62. The van der Waals surface area contributed by atoms with Gasteiger partial charge in [0.2, 0.25) is 0 Å². The van der Waals surface area contributed by atoms with E-state index in [2.05, 4.69) is 42.9 Å². The monoisotopic (exact) mass is 386 g/mol. The fourth-order valence-corrected chi connectivity index (χ4v) is 4.17. The average Bonchev–Trinajstić information content (AvgIpc) is 3.03. The highest BCUT2D eigenvalue weighted by atomic mass is 16.5. The predicted octanol–water partition coefficient (Wildman–Crippen LogP) is 3.32. The second-order valence-corrected chi connectivity index (χ2v) is 9.05. The fourth-order valence-electron chi connectivity index (χ4n) is 4.17. The van der Waals surface area contributed by atoms with Crippen molar-refractivity contribution in [3.8, 4) is 0 Å². The Morgan fingerprint density at radius 2 is 2.04 bits per heavy atom. The van der Waals surface area contributed by atoms with Gasteiger partial charge in [0, 0.05) is 50.3 Å². The number of nitrogens with zero attached hydrogens (tertiary/aromatic N) is 3. The first kappa shape index (κ1) is 20.8. The molecule has 0 saturated carbocycles. The number of hydrogen-bond donors (Lipinski definition) is 1. The minimum atomic E-state index is -0.0613. The van der Waals surface area contributed by atoms with Gasteiger partial charge in [-0.3, -0.25) is 4.79 Å². The molecule has 0 radical (unpaired) electrons. The van der Waals surface area contributed by atoms with E-state index in [1.807, 2.05) is 28.8 Å². The number of piperidine rings is 1. The van der Waals surface area contributed by atoms with Crippen LogP contribution in [0.3, 0.4) is 0 Å². The van der Waals surface area contributed by atoms with Crippen LogP contribution in [0.1, 0.15) is 62.8 Å². The van der Waals surface area contributed by atoms with Gasteiger partial charge in [0.25, 0.3) is 5.91 Å². The standard InChI is InChI=1S/C22H34N4O2/c1-16(2)20-24-19(18-8-6-7-11-26(18)20)21(27)23-17-9-12-25(13-10-17)14-22(3,4)15-28-5/h6-8,11,16-17H,9-10,12-15H2,1-5H3,(H,23,27). The van der Waals surface area contributed by atoms with Gasteiger partial charge >= 0.3 is 0 Å². The predicted molar refractivity (Wildman–Crippen MR) is 112 cm³/mol. The maximum absolute atomic E-state index is 12.9. The van der Waals surface area contributed by atoms with Gasteiger partial charge in [-0.25, -0.2) is 4.98 Å². The number of carbonyl (C=O) groups excluding carboxylic acids is 1. The van der Waals surface area contributed by atoms with Crippen molar-refractivity contribution in [1.82, 2.24) is 19.6 Å². The number of fused-ring (bicyclic) bond motifs is 1. The van der Waals surface area contributed by atoms with Crippen LogP contribution in [0.5, 0.6) is 0 Å². The Hall–Kier alpha value is -1.92. The third kappa shape index (κ3) is 4.73. The summed E-state index contributed by atoms with van der Waals surface area (Å²) in [5.74, 6) is 1.12. The number of likely N-dealkylation sites (tertiary alicyclic amines) is 1. The van der Waals surface area contributed by atoms with Crippen LogP contribution >= 0.6 is 0 Å². The molecule has 6 heteroatoms. The lowest BCUT2D eigenvalue weighted by atomic mass is 9.92. The summed E-state index contributed by atoms with van der Waals surface area (Å²) in [5, 5.41) is 3.22. The maximum Gasteiger partial charge on any atom is 0.272 e. The average molecular weight is 387 g/mol. The molecule has 154 valence electrons. The Bertz CT molecular complexity index is 804. The molecule has 1 amide bonds. The van der Waals surface area contributed by atoms with Gasteiger partial charge in [-0.1, -0.05) is 33.8 Å². The summed E-state index contributed by atoms with van der Waals surface area (Å²) in [6, 6.07) is 6.10. The van der Waals surface area contributed by atoms with Gasteiger partial charge in [-0.2, -0.15) is 0 Å². The van der Waals surface area contributed by atoms with E-state index in [1.54, 1.807) is 7.11 Å². The van der Waals surface area contributed by atoms with Crippen LogP contribution < -0.4 is 5.32 Å². The Morgan fingerprint density at radius 1 is 1.32 bits per heavy atom. The van der Waals surface area contributed by atoms with E-state index in [0.29, 0.717) is 5.69 Å². The SMILES string of the molecule is COCC(C)(C)CN1CCC(NC(=O)c2nc(C(C)C)n3ccccc23)CC1. The van der Waals surface area contributed by atoms with Crippen LogP contribution in [-0.4, -0.2) is 59.6 Å². The van der Waals surface area contributed by atoms with Gasteiger partial charge < -0.3 is 19.4 Å². The molecule has 0 bridgehead atoms. The van der Waals surface area contributed by atoms with E-state index in [9.17, 15) is 4.79 Å². The lowest BCUT2D eigenvalue weighted by Crippen LogP contribution is -2.47. The first-order valence-corrected chi connectivity index (χ1v) is 10.3. The van der Waals surface area contributed by atoms with Crippen molar-refractivity contribution in [3.05, 3.63) is 35.9 Å². The summed E-state index contributed by atoms with van der Waals surface area (Å²) >= 11 is 0. The number of amides is 1. The molecule has 0 aromatic carbocycles. The van der Waals surface area contributed by atoms with Crippen molar-refractivity contribution in [2.75, 3.05) is 33.4 Å². The minimum Gasteiger partial charge on any atom is -0.384 e. The molecule has 3 heterocycles. The van der Waals surface area contributed by atoms with E-state index in [-0.39, 0.29) is 23.3 Å². The van der Waals surface area contributed by atoms with E-state index < -0.39 is 0 Å². The van der Waals surface area contributed by atoms with Crippen molar-refractivity contribution in [1.29, 1.82) is 0 Å². The Balaban J connectivity index is 1.62. The molecule has 1 N–H and O–H groups in total. The molecule has 0 atom stereocenters. The molecule has 2 aromatic heterocycles. The quantitative estimate of drug-likeness (QED) is 0.793. The molecule has 28 heavy (non-hydrogen) atoms. The number of imidazole rings is 1. The fraction of sp³-hybridized carbons (Fsp3) is 0.636. The topological polar surface area (TPSA) is 58.9 Å². The van der Waals surface area contributed by atoms with Gasteiger partial charge in [0.1, 0.15) is 5.82 Å².